The van der Waals surface area contributed by atoms with Crippen LogP contribution >= 0.6 is 11.3 Å². The van der Waals surface area contributed by atoms with Crippen molar-refractivity contribution < 1.29 is 14.3 Å². The molecule has 0 aliphatic carbocycles. The largest absolute Gasteiger partial charge is 0.497 e. The molecule has 170 valence electrons. The normalized spacial score (nSPS) is 13.3. The zero-order valence-corrected chi connectivity index (χ0v) is 19.5. The molecule has 0 unspecified atom stereocenters. The number of Topliss-reactive ketones (excluding diaryl/α,β-unsaturated/α-hetero) is 1. The number of aromatic nitrogens is 2. The highest BCUT2D eigenvalue weighted by molar-refractivity contribution is 7.13. The third-order valence-electron chi connectivity index (χ3n) is 5.93. The summed E-state index contributed by atoms with van der Waals surface area (Å²) in [5.41, 5.74) is 5.32. The number of ether oxygens (including phenoxy) is 1. The average molecular weight is 470 g/mol. The molecule has 0 radical (unpaired) electrons. The fourth-order valence-electron chi connectivity index (χ4n) is 4.15. The van der Waals surface area contributed by atoms with Crippen molar-refractivity contribution in [2.75, 3.05) is 18.6 Å². The second-order valence-electron chi connectivity index (χ2n) is 8.11. The summed E-state index contributed by atoms with van der Waals surface area (Å²) in [6.45, 7) is 0.00123. The fraction of sp³-hybridized carbons (Fsp3) is 0.185. The lowest BCUT2D eigenvalue weighted by Gasteiger charge is -2.23. The Hall–Kier alpha value is -3.84. The van der Waals surface area contributed by atoms with Crippen LogP contribution in [0.4, 0.5) is 5.69 Å². The number of anilines is 1. The maximum Gasteiger partial charge on any atom is 0.227 e. The minimum Gasteiger partial charge on any atom is -0.497 e. The molecule has 0 bridgehead atoms. The molecule has 1 aliphatic heterocycles. The van der Waals surface area contributed by atoms with Crippen molar-refractivity contribution >= 4 is 28.7 Å². The topological polar surface area (TPSA) is 72.4 Å². The summed E-state index contributed by atoms with van der Waals surface area (Å²) in [6, 6.07) is 16.9. The van der Waals surface area contributed by atoms with Gasteiger partial charge >= 0.3 is 0 Å². The van der Waals surface area contributed by atoms with Crippen molar-refractivity contribution in [1.29, 1.82) is 0 Å². The molecule has 1 aliphatic rings. The van der Waals surface area contributed by atoms with Gasteiger partial charge in [-0.2, -0.15) is 0 Å². The number of carbonyl (C=O) groups excluding carboxylic acids is 2. The summed E-state index contributed by atoms with van der Waals surface area (Å²) in [5, 5.41) is 2.98. The maximum atomic E-state index is 13.0. The van der Waals surface area contributed by atoms with E-state index in [1.54, 1.807) is 60.0 Å². The lowest BCUT2D eigenvalue weighted by Crippen LogP contribution is -2.35. The van der Waals surface area contributed by atoms with Crippen molar-refractivity contribution in [3.8, 4) is 27.6 Å². The van der Waals surface area contributed by atoms with Gasteiger partial charge < -0.3 is 9.64 Å². The lowest BCUT2D eigenvalue weighted by molar-refractivity contribution is -0.118. The minimum absolute atomic E-state index is 0.00123. The first kappa shape index (κ1) is 22.0. The number of aryl methyl sites for hydroxylation is 1. The Morgan fingerprint density at radius 2 is 1.91 bits per heavy atom. The van der Waals surface area contributed by atoms with Crippen molar-refractivity contribution in [1.82, 2.24) is 9.97 Å². The van der Waals surface area contributed by atoms with Gasteiger partial charge in [0, 0.05) is 46.6 Å². The molecule has 2 aromatic carbocycles. The third kappa shape index (κ3) is 4.47. The molecule has 5 rings (SSSR count). The molecule has 0 N–H and O–H groups in total. The quantitative estimate of drug-likeness (QED) is 0.352. The Labute approximate surface area is 201 Å². The van der Waals surface area contributed by atoms with Crippen molar-refractivity contribution in [3.05, 3.63) is 83.5 Å². The van der Waals surface area contributed by atoms with Crippen LogP contribution in [0.5, 0.6) is 5.75 Å². The van der Waals surface area contributed by atoms with Crippen LogP contribution in [0.1, 0.15) is 28.8 Å². The Morgan fingerprint density at radius 1 is 1.06 bits per heavy atom. The molecule has 0 spiro atoms. The van der Waals surface area contributed by atoms with E-state index in [-0.39, 0.29) is 18.2 Å². The van der Waals surface area contributed by atoms with Crippen LogP contribution in [0.2, 0.25) is 0 Å². The van der Waals surface area contributed by atoms with E-state index in [2.05, 4.69) is 11.1 Å². The molecular formula is C27H23N3O3S. The zero-order valence-electron chi connectivity index (χ0n) is 18.7. The molecule has 7 heteroatoms. The van der Waals surface area contributed by atoms with E-state index < -0.39 is 0 Å². The summed E-state index contributed by atoms with van der Waals surface area (Å²) in [7, 11) is 1.57. The van der Waals surface area contributed by atoms with Gasteiger partial charge in [-0.3, -0.25) is 14.6 Å². The number of methoxy groups -OCH3 is 1. The van der Waals surface area contributed by atoms with E-state index in [1.165, 1.54) is 0 Å². The highest BCUT2D eigenvalue weighted by Crippen LogP contribution is 2.34. The number of benzene rings is 2. The summed E-state index contributed by atoms with van der Waals surface area (Å²) in [5.74, 6) is 0.467. The molecule has 2 aromatic heterocycles. The van der Waals surface area contributed by atoms with Crippen LogP contribution in [-0.2, 0) is 11.2 Å². The molecule has 0 fully saturated rings. The second kappa shape index (κ2) is 9.57. The van der Waals surface area contributed by atoms with Crippen molar-refractivity contribution in [2.24, 2.45) is 0 Å². The number of fused-ring (bicyclic) bond motifs is 1. The number of hydrogen-bond acceptors (Lipinski definition) is 6. The number of rotatable bonds is 6. The summed E-state index contributed by atoms with van der Waals surface area (Å²) in [6.07, 6.45) is 5.46. The molecule has 4 aromatic rings. The molecule has 1 amide bonds. The number of ketones is 1. The summed E-state index contributed by atoms with van der Waals surface area (Å²) in [4.78, 5) is 36.4. The zero-order chi connectivity index (χ0) is 23.5. The van der Waals surface area contributed by atoms with Gasteiger partial charge in [-0.1, -0.05) is 18.2 Å². The average Bonchev–Trinajstić information content (AvgIpc) is 3.32. The van der Waals surface area contributed by atoms with Gasteiger partial charge in [-0.25, -0.2) is 4.98 Å². The minimum atomic E-state index is -0.120. The molecule has 0 saturated heterocycles. The van der Waals surface area contributed by atoms with Gasteiger partial charge in [0.2, 0.25) is 5.91 Å². The first-order valence-electron chi connectivity index (χ1n) is 11.1. The SMILES string of the molecule is COc1cccc(C(=O)CN2C(=O)CCCc3cc(-c4csc(-c5ccncc5)n4)ccc32)c1. The summed E-state index contributed by atoms with van der Waals surface area (Å²) < 4.78 is 5.24. The number of nitrogens with zero attached hydrogens (tertiary/aromatic N) is 3. The van der Waals surface area contributed by atoms with Crippen molar-refractivity contribution in [3.63, 3.8) is 0 Å². The van der Waals surface area contributed by atoms with Gasteiger partial charge in [-0.15, -0.1) is 11.3 Å². The summed E-state index contributed by atoms with van der Waals surface area (Å²) >= 11 is 1.59. The van der Waals surface area contributed by atoms with Crippen molar-refractivity contribution in [2.45, 2.75) is 19.3 Å². The molecule has 0 atom stereocenters. The van der Waals surface area contributed by atoms with E-state index in [1.807, 2.05) is 29.6 Å². The van der Waals surface area contributed by atoms with Crippen LogP contribution in [-0.4, -0.2) is 35.3 Å². The van der Waals surface area contributed by atoms with E-state index in [9.17, 15) is 9.59 Å². The number of amides is 1. The van der Waals surface area contributed by atoms with Gasteiger partial charge in [0.25, 0.3) is 0 Å². The Kier molecular flexibility index (Phi) is 6.18. The smallest absolute Gasteiger partial charge is 0.227 e. The first-order valence-corrected chi connectivity index (χ1v) is 12.0. The third-order valence-corrected chi connectivity index (χ3v) is 6.82. The van der Waals surface area contributed by atoms with Gasteiger partial charge in [0.15, 0.2) is 5.78 Å². The number of carbonyl (C=O) groups is 2. The Morgan fingerprint density at radius 3 is 2.74 bits per heavy atom. The number of thiazole rings is 1. The highest BCUT2D eigenvalue weighted by atomic mass is 32.1. The fourth-order valence-corrected chi connectivity index (χ4v) is 4.98. The molecule has 6 nitrogen and oxygen atoms in total. The molecule has 34 heavy (non-hydrogen) atoms. The van der Waals surface area contributed by atoms with E-state index in [0.29, 0.717) is 17.7 Å². The van der Waals surface area contributed by atoms with E-state index >= 15 is 0 Å². The predicted octanol–water partition coefficient (Wildman–Crippen LogP) is 5.43. The van der Waals surface area contributed by atoms with Crippen LogP contribution in [0, 0.1) is 0 Å². The van der Waals surface area contributed by atoms with Gasteiger partial charge in [-0.05, 0) is 54.8 Å². The van der Waals surface area contributed by atoms with Gasteiger partial charge in [0.1, 0.15) is 10.8 Å². The number of pyridine rings is 1. The molecular weight excluding hydrogens is 446 g/mol. The molecule has 3 heterocycles. The Bertz CT molecular complexity index is 1350. The first-order chi connectivity index (χ1) is 16.6. The van der Waals surface area contributed by atoms with Crippen LogP contribution in [0.25, 0.3) is 21.8 Å². The highest BCUT2D eigenvalue weighted by Gasteiger charge is 2.25. The second-order valence-corrected chi connectivity index (χ2v) is 8.96. The van der Waals surface area contributed by atoms with Crippen LogP contribution < -0.4 is 9.64 Å². The standard InChI is InChI=1S/C27H23N3O3S/c1-33-22-6-2-5-21(15-22)25(31)16-30-24-9-8-19(14-20(24)4-3-7-26(30)32)23-17-34-27(29-23)18-10-12-28-13-11-18/h2,5-6,8-15,17H,3-4,7,16H2,1H3. The number of hydrogen-bond donors (Lipinski definition) is 0. The van der Waals surface area contributed by atoms with Crippen LogP contribution in [0.3, 0.4) is 0 Å². The predicted molar refractivity (Wildman–Crippen MR) is 133 cm³/mol. The van der Waals surface area contributed by atoms with E-state index in [4.69, 9.17) is 9.72 Å². The Balaban J connectivity index is 1.43. The lowest BCUT2D eigenvalue weighted by atomic mass is 10.0. The van der Waals surface area contributed by atoms with Gasteiger partial charge in [0.05, 0.1) is 19.3 Å². The van der Waals surface area contributed by atoms with E-state index in [0.717, 1.165) is 45.9 Å². The van der Waals surface area contributed by atoms with Crippen LogP contribution in [0.15, 0.2) is 72.4 Å². The maximum absolute atomic E-state index is 13.0. The monoisotopic (exact) mass is 469 g/mol. The molecule has 0 saturated carbocycles.